The molecule has 1 aliphatic carbocycles. The number of carbonyl (C=O) groups is 1. The van der Waals surface area contributed by atoms with Crippen LogP contribution in [0.5, 0.6) is 5.75 Å². The molecule has 1 aromatic carbocycles. The van der Waals surface area contributed by atoms with Gasteiger partial charge in [0.2, 0.25) is 5.91 Å². The molecule has 2 heterocycles. The number of nitrogens with one attached hydrogen (secondary N) is 1. The molecule has 2 aromatic rings. The van der Waals surface area contributed by atoms with Crippen molar-refractivity contribution in [3.63, 3.8) is 0 Å². The van der Waals surface area contributed by atoms with Crippen molar-refractivity contribution in [3.8, 4) is 5.75 Å². The Morgan fingerprint density at radius 3 is 2.92 bits per heavy atom. The number of hydrogen-bond donors (Lipinski definition) is 1. The van der Waals surface area contributed by atoms with Crippen LogP contribution in [0.2, 0.25) is 0 Å². The average Bonchev–Trinajstić information content (AvgIpc) is 3.13. The van der Waals surface area contributed by atoms with Gasteiger partial charge in [-0.1, -0.05) is 12.1 Å². The first kappa shape index (κ1) is 16.5. The number of rotatable bonds is 3. The minimum Gasteiger partial charge on any atom is -0.490 e. The van der Waals surface area contributed by atoms with E-state index in [4.69, 9.17) is 4.74 Å². The predicted molar refractivity (Wildman–Crippen MR) is 100 cm³/mol. The smallest absolute Gasteiger partial charge is 0.235 e. The molecule has 0 unspecified atom stereocenters. The zero-order valence-electron chi connectivity index (χ0n) is 14.6. The maximum atomic E-state index is 12.1. The van der Waals surface area contributed by atoms with Crippen LogP contribution in [0.25, 0.3) is 0 Å². The lowest BCUT2D eigenvalue weighted by atomic mass is 10.0. The Morgan fingerprint density at radius 1 is 1.32 bits per heavy atom. The number of fused-ring (bicyclic) bond motifs is 1. The van der Waals surface area contributed by atoms with E-state index in [1.54, 1.807) is 16.4 Å². The number of benzene rings is 1. The topological polar surface area (TPSA) is 56.2 Å². The molecule has 1 N–H and O–H groups in total. The van der Waals surface area contributed by atoms with Crippen LogP contribution in [0.4, 0.5) is 5.82 Å². The van der Waals surface area contributed by atoms with Crippen molar-refractivity contribution in [2.24, 2.45) is 7.05 Å². The molecule has 132 valence electrons. The minimum atomic E-state index is 0.0233. The van der Waals surface area contributed by atoms with Crippen LogP contribution in [-0.2, 0) is 11.8 Å². The van der Waals surface area contributed by atoms with E-state index < -0.39 is 0 Å². The van der Waals surface area contributed by atoms with Gasteiger partial charge in [-0.3, -0.25) is 9.48 Å². The van der Waals surface area contributed by atoms with Crippen molar-refractivity contribution in [3.05, 3.63) is 41.1 Å². The molecule has 2 aliphatic rings. The third-order valence-electron chi connectivity index (χ3n) is 4.94. The standard InChI is InChI=1S/C19H23N3O2S/c1-12-17-18(25-11-16(23)20-19(17)22(2)21-12)13-6-5-9-15(10-13)24-14-7-3-4-8-14/h5-6,9-10,14,18H,3-4,7-8,11H2,1-2H3,(H,20,23)/t18-/m1/s1. The fourth-order valence-corrected chi connectivity index (χ4v) is 4.94. The molecule has 0 spiro atoms. The van der Waals surface area contributed by atoms with Gasteiger partial charge in [0, 0.05) is 12.6 Å². The molecule has 5 nitrogen and oxygen atoms in total. The largest absolute Gasteiger partial charge is 0.490 e. The highest BCUT2D eigenvalue weighted by Crippen LogP contribution is 2.43. The molecule has 1 atom stereocenters. The van der Waals surface area contributed by atoms with E-state index >= 15 is 0 Å². The van der Waals surface area contributed by atoms with Gasteiger partial charge in [0.1, 0.15) is 11.6 Å². The third kappa shape index (κ3) is 3.27. The second-order valence-electron chi connectivity index (χ2n) is 6.81. The molecule has 0 radical (unpaired) electrons. The lowest BCUT2D eigenvalue weighted by Crippen LogP contribution is -2.15. The van der Waals surface area contributed by atoms with Gasteiger partial charge in [-0.25, -0.2) is 0 Å². The lowest BCUT2D eigenvalue weighted by Gasteiger charge is -2.18. The second kappa shape index (κ2) is 6.75. The normalized spacial score (nSPS) is 20.9. The van der Waals surface area contributed by atoms with Crippen LogP contribution < -0.4 is 10.1 Å². The second-order valence-corrected chi connectivity index (χ2v) is 7.90. The minimum absolute atomic E-state index is 0.0233. The molecule has 6 heteroatoms. The Hall–Kier alpha value is -1.95. The molecule has 1 fully saturated rings. The number of nitrogens with zero attached hydrogens (tertiary/aromatic N) is 2. The fourth-order valence-electron chi connectivity index (χ4n) is 3.76. The van der Waals surface area contributed by atoms with Crippen LogP contribution in [0.15, 0.2) is 24.3 Å². The number of hydrogen-bond acceptors (Lipinski definition) is 4. The quantitative estimate of drug-likeness (QED) is 0.907. The highest BCUT2D eigenvalue weighted by molar-refractivity contribution is 8.00. The van der Waals surface area contributed by atoms with E-state index in [9.17, 15) is 4.79 Å². The van der Waals surface area contributed by atoms with E-state index in [0.717, 1.165) is 41.2 Å². The molecule has 0 saturated heterocycles. The van der Waals surface area contributed by atoms with Gasteiger partial charge in [-0.15, -0.1) is 11.8 Å². The summed E-state index contributed by atoms with van der Waals surface area (Å²) in [6, 6.07) is 8.32. The Morgan fingerprint density at radius 2 is 2.12 bits per heavy atom. The monoisotopic (exact) mass is 357 g/mol. The van der Waals surface area contributed by atoms with E-state index in [0.29, 0.717) is 11.9 Å². The van der Waals surface area contributed by atoms with Gasteiger partial charge >= 0.3 is 0 Å². The van der Waals surface area contributed by atoms with Crippen LogP contribution in [0.3, 0.4) is 0 Å². The first-order chi connectivity index (χ1) is 12.1. The van der Waals surface area contributed by atoms with Crippen LogP contribution in [0.1, 0.15) is 47.8 Å². The number of aryl methyl sites for hydroxylation is 2. The van der Waals surface area contributed by atoms with E-state index in [-0.39, 0.29) is 11.2 Å². The summed E-state index contributed by atoms with van der Waals surface area (Å²) >= 11 is 1.65. The molecule has 1 aliphatic heterocycles. The summed E-state index contributed by atoms with van der Waals surface area (Å²) in [5, 5.41) is 7.58. The molecule has 0 bridgehead atoms. The molecule has 1 saturated carbocycles. The summed E-state index contributed by atoms with van der Waals surface area (Å²) in [7, 11) is 1.87. The highest BCUT2D eigenvalue weighted by atomic mass is 32.2. The molecule has 1 amide bonds. The molecule has 4 rings (SSSR count). The summed E-state index contributed by atoms with van der Waals surface area (Å²) in [6.07, 6.45) is 5.15. The van der Waals surface area contributed by atoms with Gasteiger partial charge in [-0.05, 0) is 50.3 Å². The molecule has 25 heavy (non-hydrogen) atoms. The summed E-state index contributed by atoms with van der Waals surface area (Å²) in [5.74, 6) is 2.19. The van der Waals surface area contributed by atoms with Crippen molar-refractivity contribution in [2.45, 2.75) is 44.0 Å². The Bertz CT molecular complexity index is 796. The number of aromatic nitrogens is 2. The predicted octanol–water partition coefficient (Wildman–Crippen LogP) is 3.82. The van der Waals surface area contributed by atoms with Gasteiger partial charge in [0.05, 0.1) is 22.8 Å². The van der Waals surface area contributed by atoms with E-state index in [1.165, 1.54) is 12.8 Å². The first-order valence-electron chi connectivity index (χ1n) is 8.83. The van der Waals surface area contributed by atoms with Crippen LogP contribution >= 0.6 is 11.8 Å². The van der Waals surface area contributed by atoms with Crippen molar-refractivity contribution in [1.82, 2.24) is 9.78 Å². The zero-order valence-corrected chi connectivity index (χ0v) is 15.4. The Kier molecular flexibility index (Phi) is 4.46. The summed E-state index contributed by atoms with van der Waals surface area (Å²) in [5.41, 5.74) is 3.21. The Balaban J connectivity index is 1.68. The maximum absolute atomic E-state index is 12.1. The van der Waals surface area contributed by atoms with Crippen LogP contribution in [0, 0.1) is 6.92 Å². The average molecular weight is 357 g/mol. The van der Waals surface area contributed by atoms with Crippen molar-refractivity contribution in [1.29, 1.82) is 0 Å². The maximum Gasteiger partial charge on any atom is 0.235 e. The van der Waals surface area contributed by atoms with Crippen LogP contribution in [-0.4, -0.2) is 27.5 Å². The number of carbonyl (C=O) groups excluding carboxylic acids is 1. The number of anilines is 1. The summed E-state index contributed by atoms with van der Waals surface area (Å²) in [6.45, 7) is 2.00. The molecule has 1 aromatic heterocycles. The third-order valence-corrected chi connectivity index (χ3v) is 6.21. The van der Waals surface area contributed by atoms with Gasteiger partial charge in [0.25, 0.3) is 0 Å². The zero-order chi connectivity index (χ0) is 17.4. The van der Waals surface area contributed by atoms with Crippen molar-refractivity contribution in [2.75, 3.05) is 11.1 Å². The van der Waals surface area contributed by atoms with Gasteiger partial charge in [-0.2, -0.15) is 5.10 Å². The summed E-state index contributed by atoms with van der Waals surface area (Å²) in [4.78, 5) is 12.1. The summed E-state index contributed by atoms with van der Waals surface area (Å²) < 4.78 is 7.93. The van der Waals surface area contributed by atoms with Crippen molar-refractivity contribution < 1.29 is 9.53 Å². The Labute approximate surface area is 152 Å². The first-order valence-corrected chi connectivity index (χ1v) is 9.88. The SMILES string of the molecule is Cc1nn(C)c2c1[C@@H](c1cccc(OC3CCCC3)c1)SCC(=O)N2. The number of amides is 1. The number of thioether (sulfide) groups is 1. The highest BCUT2D eigenvalue weighted by Gasteiger charge is 2.29. The lowest BCUT2D eigenvalue weighted by molar-refractivity contribution is -0.113. The molecular weight excluding hydrogens is 334 g/mol. The van der Waals surface area contributed by atoms with Gasteiger partial charge in [0.15, 0.2) is 0 Å². The van der Waals surface area contributed by atoms with E-state index in [1.807, 2.05) is 26.1 Å². The fraction of sp³-hybridized carbons (Fsp3) is 0.474. The number of ether oxygens (including phenoxy) is 1. The molecular formula is C19H23N3O2S. The van der Waals surface area contributed by atoms with Gasteiger partial charge < -0.3 is 10.1 Å². The van der Waals surface area contributed by atoms with Crippen molar-refractivity contribution >= 4 is 23.5 Å². The van der Waals surface area contributed by atoms with E-state index in [2.05, 4.69) is 22.5 Å².